The first-order valence-corrected chi connectivity index (χ1v) is 13.2. The fraction of sp³-hybridized carbons (Fsp3) is 0.152. The van der Waals surface area contributed by atoms with Crippen molar-refractivity contribution in [2.75, 3.05) is 7.11 Å². The Morgan fingerprint density at radius 3 is 2.48 bits per heavy atom. The lowest BCUT2D eigenvalue weighted by atomic mass is 9.95. The van der Waals surface area contributed by atoms with Gasteiger partial charge in [-0.05, 0) is 53.3 Å². The van der Waals surface area contributed by atoms with E-state index in [4.69, 9.17) is 16.3 Å². The average molecular weight is 551 g/mol. The maximum Gasteiger partial charge on any atom is 0.252 e. The molecular weight excluding hydrogens is 524 g/mol. The van der Waals surface area contributed by atoms with Gasteiger partial charge in [-0.3, -0.25) is 19.4 Å². The van der Waals surface area contributed by atoms with Gasteiger partial charge in [0.2, 0.25) is 0 Å². The second kappa shape index (κ2) is 11.7. The van der Waals surface area contributed by atoms with E-state index in [2.05, 4.69) is 4.98 Å². The van der Waals surface area contributed by atoms with E-state index in [-0.39, 0.29) is 23.5 Å². The molecule has 0 aliphatic heterocycles. The monoisotopic (exact) mass is 550 g/mol. The first-order chi connectivity index (χ1) is 19.3. The molecule has 6 nitrogen and oxygen atoms in total. The number of halogens is 1. The topological polar surface area (TPSA) is 78.3 Å². The molecule has 0 aliphatic rings. The van der Waals surface area contributed by atoms with E-state index in [0.717, 1.165) is 21.9 Å². The van der Waals surface area contributed by atoms with E-state index in [9.17, 15) is 14.4 Å². The van der Waals surface area contributed by atoms with Crippen LogP contribution < -0.4 is 10.3 Å². The highest BCUT2D eigenvalue weighted by atomic mass is 35.5. The van der Waals surface area contributed by atoms with Crippen LogP contribution in [0.1, 0.15) is 34.5 Å². The molecule has 0 spiro atoms. The van der Waals surface area contributed by atoms with E-state index in [1.165, 1.54) is 24.7 Å². The van der Waals surface area contributed by atoms with Crippen LogP contribution in [0.2, 0.25) is 5.02 Å². The van der Waals surface area contributed by atoms with Crippen molar-refractivity contribution in [1.82, 2.24) is 9.55 Å². The molecule has 1 unspecified atom stereocenters. The Labute approximate surface area is 236 Å². The second-order valence-electron chi connectivity index (χ2n) is 9.65. The van der Waals surface area contributed by atoms with Crippen LogP contribution in [0.3, 0.4) is 0 Å². The molecule has 200 valence electrons. The van der Waals surface area contributed by atoms with Crippen molar-refractivity contribution < 1.29 is 14.3 Å². The Bertz CT molecular complexity index is 1780. The number of carbonyl (C=O) groups is 2. The van der Waals surface area contributed by atoms with Gasteiger partial charge in [-0.1, -0.05) is 60.1 Å². The van der Waals surface area contributed by atoms with Crippen molar-refractivity contribution in [1.29, 1.82) is 0 Å². The van der Waals surface area contributed by atoms with Gasteiger partial charge in [0.1, 0.15) is 5.75 Å². The van der Waals surface area contributed by atoms with Crippen LogP contribution in [0, 0.1) is 0 Å². The van der Waals surface area contributed by atoms with Crippen molar-refractivity contribution in [2.24, 2.45) is 0 Å². The molecule has 2 heterocycles. The summed E-state index contributed by atoms with van der Waals surface area (Å²) in [7, 11) is 1.49. The largest absolute Gasteiger partial charge is 0.495 e. The minimum Gasteiger partial charge on any atom is -0.495 e. The van der Waals surface area contributed by atoms with Crippen LogP contribution in [0.4, 0.5) is 0 Å². The number of Topliss-reactive ketones (excluding diaryl/α,β-unsaturated/α-hetero) is 2. The number of ketones is 2. The van der Waals surface area contributed by atoms with Gasteiger partial charge in [0.25, 0.3) is 5.56 Å². The summed E-state index contributed by atoms with van der Waals surface area (Å²) in [6.45, 7) is 1.46. The standard InChI is InChI=1S/C33H27ClN2O4/c1-21(37)27-11-10-26(34)17-28(27)29-18-33(39)36(20-32(29)40-2)30(15-22-6-4-3-5-7-22)31(38)16-23-8-9-25-19-35-13-12-24(25)14-23/h3-14,17-20,30H,15-16H2,1-2H3. The minimum atomic E-state index is -0.780. The van der Waals surface area contributed by atoms with Crippen LogP contribution in [-0.4, -0.2) is 28.2 Å². The fourth-order valence-corrected chi connectivity index (χ4v) is 5.13. The molecule has 40 heavy (non-hydrogen) atoms. The highest BCUT2D eigenvalue weighted by Crippen LogP contribution is 2.34. The molecule has 0 fully saturated rings. The first kappa shape index (κ1) is 27.0. The first-order valence-electron chi connectivity index (χ1n) is 12.8. The zero-order valence-corrected chi connectivity index (χ0v) is 22.9. The number of nitrogens with zero attached hydrogens (tertiary/aromatic N) is 2. The number of rotatable bonds is 9. The summed E-state index contributed by atoms with van der Waals surface area (Å²) in [5.74, 6) is 0.0796. The van der Waals surface area contributed by atoms with Gasteiger partial charge >= 0.3 is 0 Å². The lowest BCUT2D eigenvalue weighted by molar-refractivity contribution is -0.121. The molecule has 5 rings (SSSR count). The SMILES string of the molecule is COc1cn(C(Cc2ccccc2)C(=O)Cc2ccc3cnccc3c2)c(=O)cc1-c1cc(Cl)ccc1C(C)=O. The van der Waals surface area contributed by atoms with Crippen molar-refractivity contribution in [3.63, 3.8) is 0 Å². The molecule has 0 bridgehead atoms. The smallest absolute Gasteiger partial charge is 0.252 e. The van der Waals surface area contributed by atoms with Crippen LogP contribution in [0.5, 0.6) is 5.75 Å². The van der Waals surface area contributed by atoms with Gasteiger partial charge in [0, 0.05) is 52.8 Å². The Hall–Kier alpha value is -4.55. The van der Waals surface area contributed by atoms with Gasteiger partial charge in [-0.15, -0.1) is 0 Å². The number of pyridine rings is 2. The number of hydrogen-bond donors (Lipinski definition) is 0. The van der Waals surface area contributed by atoms with Crippen molar-refractivity contribution in [3.05, 3.63) is 130 Å². The highest BCUT2D eigenvalue weighted by Gasteiger charge is 2.25. The van der Waals surface area contributed by atoms with Gasteiger partial charge in [0.05, 0.1) is 19.3 Å². The summed E-state index contributed by atoms with van der Waals surface area (Å²) < 4.78 is 7.12. The molecule has 0 saturated carbocycles. The second-order valence-corrected chi connectivity index (χ2v) is 10.1. The molecule has 1 atom stereocenters. The minimum absolute atomic E-state index is 0.110. The predicted octanol–water partition coefficient (Wildman–Crippen LogP) is 6.52. The van der Waals surface area contributed by atoms with Gasteiger partial charge in [0.15, 0.2) is 11.6 Å². The quantitative estimate of drug-likeness (QED) is 0.195. The molecule has 0 radical (unpaired) electrons. The third kappa shape index (κ3) is 5.72. The van der Waals surface area contributed by atoms with Crippen molar-refractivity contribution in [2.45, 2.75) is 25.8 Å². The van der Waals surface area contributed by atoms with E-state index in [0.29, 0.717) is 33.9 Å². The maximum atomic E-state index is 13.9. The molecule has 7 heteroatoms. The van der Waals surface area contributed by atoms with Gasteiger partial charge < -0.3 is 9.30 Å². The Balaban J connectivity index is 1.58. The summed E-state index contributed by atoms with van der Waals surface area (Å²) in [6, 6.07) is 22.9. The molecule has 3 aromatic carbocycles. The number of benzene rings is 3. The number of aromatic nitrogens is 2. The molecular formula is C33H27ClN2O4. The molecule has 2 aromatic heterocycles. The van der Waals surface area contributed by atoms with E-state index < -0.39 is 6.04 Å². The number of fused-ring (bicyclic) bond motifs is 1. The van der Waals surface area contributed by atoms with E-state index >= 15 is 0 Å². The normalized spacial score (nSPS) is 11.8. The fourth-order valence-electron chi connectivity index (χ4n) is 4.96. The van der Waals surface area contributed by atoms with Crippen LogP contribution in [0.25, 0.3) is 21.9 Å². The summed E-state index contributed by atoms with van der Waals surface area (Å²) in [4.78, 5) is 44.0. The number of methoxy groups -OCH3 is 1. The third-order valence-electron chi connectivity index (χ3n) is 6.98. The molecule has 5 aromatic rings. The Kier molecular flexibility index (Phi) is 7.89. The number of ether oxygens (including phenoxy) is 1. The van der Waals surface area contributed by atoms with E-state index in [1.807, 2.05) is 54.6 Å². The average Bonchev–Trinajstić information content (AvgIpc) is 2.96. The zero-order valence-electron chi connectivity index (χ0n) is 22.1. The number of carbonyl (C=O) groups excluding carboxylic acids is 2. The highest BCUT2D eigenvalue weighted by molar-refractivity contribution is 6.31. The van der Waals surface area contributed by atoms with Gasteiger partial charge in [-0.2, -0.15) is 0 Å². The lowest BCUT2D eigenvalue weighted by Crippen LogP contribution is -2.32. The van der Waals surface area contributed by atoms with E-state index in [1.54, 1.807) is 36.8 Å². The maximum absolute atomic E-state index is 13.9. The summed E-state index contributed by atoms with van der Waals surface area (Å²) in [6.07, 6.45) is 5.53. The summed E-state index contributed by atoms with van der Waals surface area (Å²) in [5.41, 5.74) is 2.74. The molecule has 0 saturated heterocycles. The van der Waals surface area contributed by atoms with Crippen molar-refractivity contribution >= 4 is 33.9 Å². The summed E-state index contributed by atoms with van der Waals surface area (Å²) in [5, 5.41) is 2.41. The predicted molar refractivity (Wildman–Crippen MR) is 157 cm³/mol. The van der Waals surface area contributed by atoms with Crippen LogP contribution in [0.15, 0.2) is 102 Å². The summed E-state index contributed by atoms with van der Waals surface area (Å²) >= 11 is 6.25. The van der Waals surface area contributed by atoms with Crippen LogP contribution >= 0.6 is 11.6 Å². The third-order valence-corrected chi connectivity index (χ3v) is 7.21. The van der Waals surface area contributed by atoms with Crippen molar-refractivity contribution in [3.8, 4) is 16.9 Å². The van der Waals surface area contributed by atoms with Gasteiger partial charge in [-0.25, -0.2) is 0 Å². The van der Waals surface area contributed by atoms with Crippen LogP contribution in [-0.2, 0) is 17.6 Å². The Morgan fingerprint density at radius 2 is 1.73 bits per heavy atom. The number of hydrogen-bond acceptors (Lipinski definition) is 5. The molecule has 0 amide bonds. The molecule has 0 aliphatic carbocycles. The zero-order chi connectivity index (χ0) is 28.2. The molecule has 0 N–H and O–H groups in total. The Morgan fingerprint density at radius 1 is 0.925 bits per heavy atom. The lowest BCUT2D eigenvalue weighted by Gasteiger charge is -2.22.